The molecule has 2 N–H and O–H groups in total. The molecule has 0 unspecified atom stereocenters. The number of hydrogen-bond acceptors (Lipinski definition) is 4. The van der Waals surface area contributed by atoms with Gasteiger partial charge in [0.05, 0.1) is 11.5 Å². The van der Waals surface area contributed by atoms with Crippen LogP contribution in [0, 0.1) is 10.1 Å². The normalized spacial score (nSPS) is 11.2. The highest BCUT2D eigenvalue weighted by Gasteiger charge is 2.03. The Bertz CT molecular complexity index is 448. The van der Waals surface area contributed by atoms with Gasteiger partial charge in [0.1, 0.15) is 0 Å². The molecule has 0 atom stereocenters. The van der Waals surface area contributed by atoms with Crippen molar-refractivity contribution < 1.29 is 4.92 Å². The molecule has 6 nitrogen and oxygen atoms in total. The van der Waals surface area contributed by atoms with Crippen LogP contribution in [0.25, 0.3) is 0 Å². The zero-order valence-corrected chi connectivity index (χ0v) is 12.6. The molecule has 0 saturated carbocycles. The Hall–Kier alpha value is -1.76. The highest BCUT2D eigenvalue weighted by molar-refractivity contribution is 7.98. The first-order valence-electron chi connectivity index (χ1n) is 6.41. The van der Waals surface area contributed by atoms with Crippen LogP contribution in [0.5, 0.6) is 0 Å². The van der Waals surface area contributed by atoms with Gasteiger partial charge < -0.3 is 10.6 Å². The Morgan fingerprint density at radius 2 is 2.05 bits per heavy atom. The van der Waals surface area contributed by atoms with Crippen LogP contribution >= 0.6 is 11.8 Å². The summed E-state index contributed by atoms with van der Waals surface area (Å²) in [6.07, 6.45) is 2.06. The number of rotatable bonds is 7. The Kier molecular flexibility index (Phi) is 7.49. The Morgan fingerprint density at radius 1 is 1.35 bits per heavy atom. The van der Waals surface area contributed by atoms with Crippen molar-refractivity contribution in [1.29, 1.82) is 0 Å². The number of nitro benzene ring substituents is 1. The Labute approximate surface area is 123 Å². The van der Waals surface area contributed by atoms with Gasteiger partial charge in [0.25, 0.3) is 5.69 Å². The summed E-state index contributed by atoms with van der Waals surface area (Å²) in [7, 11) is 0. The molecule has 0 spiro atoms. The predicted octanol–water partition coefficient (Wildman–Crippen LogP) is 2.01. The van der Waals surface area contributed by atoms with E-state index in [2.05, 4.69) is 21.9 Å². The van der Waals surface area contributed by atoms with E-state index >= 15 is 0 Å². The number of nitrogens with one attached hydrogen (secondary N) is 2. The third-order valence-corrected chi connectivity index (χ3v) is 3.12. The molecule has 0 aliphatic rings. The van der Waals surface area contributed by atoms with Crippen molar-refractivity contribution in [3.8, 4) is 0 Å². The first-order chi connectivity index (χ1) is 9.67. The zero-order chi connectivity index (χ0) is 14.8. The zero-order valence-electron chi connectivity index (χ0n) is 11.8. The molecule has 0 saturated heterocycles. The number of thioether (sulfide) groups is 1. The largest absolute Gasteiger partial charge is 0.357 e. The van der Waals surface area contributed by atoms with Gasteiger partial charge in [-0.05, 0) is 18.7 Å². The molecule has 0 aliphatic heterocycles. The van der Waals surface area contributed by atoms with Gasteiger partial charge in [0, 0.05) is 31.0 Å². The molecular weight excluding hydrogens is 276 g/mol. The minimum absolute atomic E-state index is 0.0998. The minimum Gasteiger partial charge on any atom is -0.357 e. The van der Waals surface area contributed by atoms with Gasteiger partial charge in [0.15, 0.2) is 5.96 Å². The van der Waals surface area contributed by atoms with E-state index in [4.69, 9.17) is 0 Å². The van der Waals surface area contributed by atoms with Crippen molar-refractivity contribution in [3.05, 3.63) is 39.9 Å². The fourth-order valence-electron chi connectivity index (χ4n) is 1.51. The van der Waals surface area contributed by atoms with Crippen LogP contribution in [-0.2, 0) is 6.54 Å². The van der Waals surface area contributed by atoms with Crippen molar-refractivity contribution in [3.63, 3.8) is 0 Å². The van der Waals surface area contributed by atoms with Gasteiger partial charge in [-0.3, -0.25) is 10.1 Å². The van der Waals surface area contributed by atoms with Crippen molar-refractivity contribution in [2.75, 3.05) is 25.1 Å². The van der Waals surface area contributed by atoms with E-state index in [0.717, 1.165) is 30.4 Å². The summed E-state index contributed by atoms with van der Waals surface area (Å²) in [4.78, 5) is 14.6. The second-order valence-corrected chi connectivity index (χ2v) is 5.02. The first-order valence-corrected chi connectivity index (χ1v) is 7.81. The highest BCUT2D eigenvalue weighted by atomic mass is 32.2. The van der Waals surface area contributed by atoms with Crippen molar-refractivity contribution >= 4 is 23.4 Å². The van der Waals surface area contributed by atoms with Crippen LogP contribution < -0.4 is 10.6 Å². The molecule has 110 valence electrons. The summed E-state index contributed by atoms with van der Waals surface area (Å²) < 4.78 is 0. The number of nitro groups is 1. The van der Waals surface area contributed by atoms with Crippen molar-refractivity contribution in [2.24, 2.45) is 4.99 Å². The lowest BCUT2D eigenvalue weighted by atomic mass is 10.2. The summed E-state index contributed by atoms with van der Waals surface area (Å²) in [5.41, 5.74) is 1.04. The number of non-ortho nitro benzene ring substituents is 1. The Balaban J connectivity index is 2.58. The maximum atomic E-state index is 10.6. The van der Waals surface area contributed by atoms with Crippen LogP contribution in [0.2, 0.25) is 0 Å². The molecule has 1 rings (SSSR count). The van der Waals surface area contributed by atoms with Gasteiger partial charge >= 0.3 is 0 Å². The van der Waals surface area contributed by atoms with E-state index in [0.29, 0.717) is 6.54 Å². The molecule has 0 amide bonds. The Morgan fingerprint density at radius 3 is 2.60 bits per heavy atom. The lowest BCUT2D eigenvalue weighted by Gasteiger charge is -2.10. The number of hydrogen-bond donors (Lipinski definition) is 2. The molecule has 0 aromatic heterocycles. The molecule has 0 fully saturated rings. The number of nitrogens with zero attached hydrogens (tertiary/aromatic N) is 2. The van der Waals surface area contributed by atoms with Gasteiger partial charge in [-0.1, -0.05) is 12.1 Å². The first kappa shape index (κ1) is 16.3. The SMILES string of the molecule is CCNC(=NCc1ccc([N+](=O)[O-])cc1)NCCSC. The van der Waals surface area contributed by atoms with Crippen molar-refractivity contribution in [1.82, 2.24) is 10.6 Å². The maximum absolute atomic E-state index is 10.6. The van der Waals surface area contributed by atoms with Gasteiger partial charge in [-0.15, -0.1) is 0 Å². The summed E-state index contributed by atoms with van der Waals surface area (Å²) in [6.45, 7) is 4.16. The molecular formula is C13H20N4O2S. The summed E-state index contributed by atoms with van der Waals surface area (Å²) in [6, 6.07) is 6.46. The van der Waals surface area contributed by atoms with Gasteiger partial charge in [-0.25, -0.2) is 4.99 Å². The molecule has 1 aromatic rings. The van der Waals surface area contributed by atoms with E-state index in [1.165, 1.54) is 12.1 Å². The monoisotopic (exact) mass is 296 g/mol. The van der Waals surface area contributed by atoms with Crippen LogP contribution in [0.3, 0.4) is 0 Å². The number of benzene rings is 1. The lowest BCUT2D eigenvalue weighted by molar-refractivity contribution is -0.384. The van der Waals surface area contributed by atoms with Gasteiger partial charge in [0.2, 0.25) is 0 Å². The standard InChI is InChI=1S/C13H20N4O2S/c1-3-14-13(15-8-9-20-2)16-10-11-4-6-12(7-5-11)17(18)19/h4-7H,3,8-10H2,1-2H3,(H2,14,15,16). The van der Waals surface area contributed by atoms with E-state index in [-0.39, 0.29) is 5.69 Å². The maximum Gasteiger partial charge on any atom is 0.269 e. The molecule has 7 heteroatoms. The minimum atomic E-state index is -0.402. The average Bonchev–Trinajstić information content (AvgIpc) is 2.45. The number of guanidine groups is 1. The van der Waals surface area contributed by atoms with E-state index in [1.807, 2.05) is 6.92 Å². The van der Waals surface area contributed by atoms with Gasteiger partial charge in [-0.2, -0.15) is 11.8 Å². The topological polar surface area (TPSA) is 79.6 Å². The lowest BCUT2D eigenvalue weighted by Crippen LogP contribution is -2.38. The van der Waals surface area contributed by atoms with E-state index in [1.54, 1.807) is 23.9 Å². The van der Waals surface area contributed by atoms with E-state index < -0.39 is 4.92 Å². The fourth-order valence-corrected chi connectivity index (χ4v) is 1.81. The highest BCUT2D eigenvalue weighted by Crippen LogP contribution is 2.12. The molecule has 0 bridgehead atoms. The quantitative estimate of drug-likeness (QED) is 0.264. The van der Waals surface area contributed by atoms with Crippen molar-refractivity contribution in [2.45, 2.75) is 13.5 Å². The number of aliphatic imine (C=N–C) groups is 1. The third-order valence-electron chi connectivity index (χ3n) is 2.51. The smallest absolute Gasteiger partial charge is 0.269 e. The summed E-state index contributed by atoms with van der Waals surface area (Å²) >= 11 is 1.77. The molecule has 20 heavy (non-hydrogen) atoms. The molecule has 1 aromatic carbocycles. The second-order valence-electron chi connectivity index (χ2n) is 4.04. The molecule has 0 radical (unpaired) electrons. The fraction of sp³-hybridized carbons (Fsp3) is 0.462. The predicted molar refractivity (Wildman–Crippen MR) is 84.3 cm³/mol. The molecule has 0 aliphatic carbocycles. The van der Waals surface area contributed by atoms with Crippen LogP contribution in [0.15, 0.2) is 29.3 Å². The molecule has 0 heterocycles. The second kappa shape index (κ2) is 9.19. The third kappa shape index (κ3) is 5.92. The van der Waals surface area contributed by atoms with Crippen LogP contribution in [0.1, 0.15) is 12.5 Å². The van der Waals surface area contributed by atoms with Crippen LogP contribution in [0.4, 0.5) is 5.69 Å². The van der Waals surface area contributed by atoms with E-state index in [9.17, 15) is 10.1 Å². The average molecular weight is 296 g/mol. The summed E-state index contributed by atoms with van der Waals surface area (Å²) in [5.74, 6) is 1.78. The summed E-state index contributed by atoms with van der Waals surface area (Å²) in [5, 5.41) is 17.0. The van der Waals surface area contributed by atoms with Crippen LogP contribution in [-0.4, -0.2) is 36.0 Å².